The quantitative estimate of drug-likeness (QED) is 0.529. The summed E-state index contributed by atoms with van der Waals surface area (Å²) in [5, 5.41) is 22.2. The Labute approximate surface area is 107 Å². The summed E-state index contributed by atoms with van der Waals surface area (Å²) in [6.45, 7) is 2.20. The Hall–Kier alpha value is -1.14. The van der Waals surface area contributed by atoms with Gasteiger partial charge in [-0.05, 0) is 32.6 Å². The van der Waals surface area contributed by atoms with E-state index in [0.29, 0.717) is 32.2 Å². The molecule has 0 radical (unpaired) electrons. The Bertz CT molecular complexity index is 311. The highest BCUT2D eigenvalue weighted by Crippen LogP contribution is 2.31. The molecule has 0 aromatic rings. The lowest BCUT2D eigenvalue weighted by Gasteiger charge is -2.35. The van der Waals surface area contributed by atoms with Gasteiger partial charge in [0.2, 0.25) is 5.91 Å². The summed E-state index contributed by atoms with van der Waals surface area (Å²) in [6, 6.07) is -0.0799. The molecular formula is C12H22N2O4. The van der Waals surface area contributed by atoms with Crippen molar-refractivity contribution in [3.05, 3.63) is 0 Å². The van der Waals surface area contributed by atoms with Gasteiger partial charge in [0, 0.05) is 19.0 Å². The van der Waals surface area contributed by atoms with Crippen molar-refractivity contribution in [1.29, 1.82) is 0 Å². The predicted octanol–water partition coefficient (Wildman–Crippen LogP) is -0.154. The van der Waals surface area contributed by atoms with Crippen LogP contribution in [0.5, 0.6) is 0 Å². The van der Waals surface area contributed by atoms with Crippen molar-refractivity contribution in [2.24, 2.45) is 11.7 Å². The molecule has 0 aromatic heterocycles. The van der Waals surface area contributed by atoms with Crippen LogP contribution in [0.2, 0.25) is 0 Å². The summed E-state index contributed by atoms with van der Waals surface area (Å²) in [7, 11) is 0. The van der Waals surface area contributed by atoms with Gasteiger partial charge >= 0.3 is 5.97 Å². The Kier molecular flexibility index (Phi) is 5.10. The first-order chi connectivity index (χ1) is 8.32. The number of hydrogen-bond acceptors (Lipinski definition) is 4. The maximum Gasteiger partial charge on any atom is 0.306 e. The molecule has 0 spiro atoms. The smallest absolute Gasteiger partial charge is 0.306 e. The average Bonchev–Trinajstić information content (AvgIpc) is 2.26. The number of aliphatic carboxylic acids is 1. The van der Waals surface area contributed by atoms with Gasteiger partial charge in [-0.2, -0.15) is 0 Å². The van der Waals surface area contributed by atoms with Crippen LogP contribution in [-0.2, 0) is 9.59 Å². The minimum atomic E-state index is -0.863. The van der Waals surface area contributed by atoms with Gasteiger partial charge in [-0.1, -0.05) is 0 Å². The molecule has 0 bridgehead atoms. The first kappa shape index (κ1) is 14.9. The number of hydrogen-bond donors (Lipinski definition) is 4. The number of carbonyl (C=O) groups excluding carboxylic acids is 1. The molecule has 1 atom stereocenters. The average molecular weight is 258 g/mol. The summed E-state index contributed by atoms with van der Waals surface area (Å²) in [5.74, 6) is -1.50. The second kappa shape index (κ2) is 6.15. The second-order valence-corrected chi connectivity index (χ2v) is 5.29. The Morgan fingerprint density at radius 2 is 2.00 bits per heavy atom. The predicted molar refractivity (Wildman–Crippen MR) is 65.8 cm³/mol. The van der Waals surface area contributed by atoms with Crippen LogP contribution in [-0.4, -0.2) is 40.3 Å². The molecule has 1 rings (SSSR count). The number of rotatable bonds is 6. The Morgan fingerprint density at radius 3 is 2.44 bits per heavy atom. The second-order valence-electron chi connectivity index (χ2n) is 5.29. The van der Waals surface area contributed by atoms with E-state index in [2.05, 4.69) is 5.32 Å². The van der Waals surface area contributed by atoms with E-state index >= 15 is 0 Å². The Morgan fingerprint density at radius 1 is 1.44 bits per heavy atom. The third-order valence-corrected chi connectivity index (χ3v) is 3.55. The van der Waals surface area contributed by atoms with E-state index in [4.69, 9.17) is 10.8 Å². The van der Waals surface area contributed by atoms with Crippen molar-refractivity contribution in [1.82, 2.24) is 5.32 Å². The lowest BCUT2D eigenvalue weighted by molar-refractivity contribution is -0.144. The Balaban J connectivity index is 2.34. The van der Waals surface area contributed by atoms with E-state index in [9.17, 15) is 14.7 Å². The fourth-order valence-corrected chi connectivity index (χ4v) is 2.32. The van der Waals surface area contributed by atoms with Gasteiger partial charge in [0.25, 0.3) is 0 Å². The summed E-state index contributed by atoms with van der Waals surface area (Å²) in [4.78, 5) is 21.5. The van der Waals surface area contributed by atoms with Gasteiger partial charge in [-0.15, -0.1) is 0 Å². The molecule has 1 aliphatic carbocycles. The standard InChI is InChI=1S/C12H22N2O4/c1-8(6-10(13)15)14-7-12(18)4-2-9(3-5-12)11(16)17/h8-9,14,18H,2-7H2,1H3,(H2,13,15)(H,16,17). The largest absolute Gasteiger partial charge is 0.481 e. The van der Waals surface area contributed by atoms with Crippen molar-refractivity contribution in [3.63, 3.8) is 0 Å². The van der Waals surface area contributed by atoms with Crippen LogP contribution in [0.15, 0.2) is 0 Å². The third-order valence-electron chi connectivity index (χ3n) is 3.55. The van der Waals surface area contributed by atoms with Crippen LogP contribution in [0.4, 0.5) is 0 Å². The van der Waals surface area contributed by atoms with Crippen LogP contribution >= 0.6 is 0 Å². The maximum absolute atomic E-state index is 10.8. The molecule has 0 saturated heterocycles. The zero-order valence-corrected chi connectivity index (χ0v) is 10.7. The SMILES string of the molecule is CC(CC(N)=O)NCC1(O)CCC(C(=O)O)CC1. The first-order valence-corrected chi connectivity index (χ1v) is 6.29. The summed E-state index contributed by atoms with van der Waals surface area (Å²) in [6.07, 6.45) is 2.17. The lowest BCUT2D eigenvalue weighted by atomic mass is 9.78. The molecule has 0 heterocycles. The molecule has 0 aromatic carbocycles. The van der Waals surface area contributed by atoms with Crippen LogP contribution < -0.4 is 11.1 Å². The van der Waals surface area contributed by atoms with E-state index in [1.165, 1.54) is 0 Å². The molecule has 5 N–H and O–H groups in total. The lowest BCUT2D eigenvalue weighted by Crippen LogP contribution is -2.47. The zero-order valence-electron chi connectivity index (χ0n) is 10.7. The fraction of sp³-hybridized carbons (Fsp3) is 0.833. The fourth-order valence-electron chi connectivity index (χ4n) is 2.32. The molecule has 0 aliphatic heterocycles. The molecule has 6 heteroatoms. The van der Waals surface area contributed by atoms with Gasteiger partial charge in [0.1, 0.15) is 0 Å². The molecule has 1 fully saturated rings. The summed E-state index contributed by atoms with van der Waals surface area (Å²) < 4.78 is 0. The number of aliphatic hydroxyl groups is 1. The number of nitrogens with two attached hydrogens (primary N) is 1. The normalized spacial score (nSPS) is 29.8. The number of amides is 1. The van der Waals surface area contributed by atoms with Gasteiger partial charge in [-0.25, -0.2) is 0 Å². The minimum Gasteiger partial charge on any atom is -0.481 e. The first-order valence-electron chi connectivity index (χ1n) is 6.29. The topological polar surface area (TPSA) is 113 Å². The van der Waals surface area contributed by atoms with Gasteiger partial charge in [0.15, 0.2) is 0 Å². The number of carboxylic acids is 1. The van der Waals surface area contributed by atoms with Gasteiger partial charge in [0.05, 0.1) is 11.5 Å². The van der Waals surface area contributed by atoms with Crippen molar-refractivity contribution < 1.29 is 19.8 Å². The van der Waals surface area contributed by atoms with E-state index < -0.39 is 11.6 Å². The van der Waals surface area contributed by atoms with E-state index in [1.807, 2.05) is 6.92 Å². The summed E-state index contributed by atoms with van der Waals surface area (Å²) in [5.41, 5.74) is 4.22. The number of primary amides is 1. The highest BCUT2D eigenvalue weighted by Gasteiger charge is 2.35. The molecule has 1 amide bonds. The number of carboxylic acid groups (broad SMARTS) is 1. The minimum absolute atomic E-state index is 0.0799. The van der Waals surface area contributed by atoms with Crippen molar-refractivity contribution >= 4 is 11.9 Å². The van der Waals surface area contributed by atoms with Gasteiger partial charge in [-0.3, -0.25) is 9.59 Å². The van der Waals surface area contributed by atoms with Crippen molar-refractivity contribution in [3.8, 4) is 0 Å². The molecule has 104 valence electrons. The molecule has 1 aliphatic rings. The number of carbonyl (C=O) groups is 2. The van der Waals surface area contributed by atoms with E-state index in [-0.39, 0.29) is 24.3 Å². The molecule has 6 nitrogen and oxygen atoms in total. The third kappa shape index (κ3) is 4.62. The highest BCUT2D eigenvalue weighted by molar-refractivity contribution is 5.74. The molecular weight excluding hydrogens is 236 g/mol. The van der Waals surface area contributed by atoms with Crippen molar-refractivity contribution in [2.75, 3.05) is 6.54 Å². The van der Waals surface area contributed by atoms with Crippen LogP contribution in [0.3, 0.4) is 0 Å². The van der Waals surface area contributed by atoms with Crippen LogP contribution in [0.25, 0.3) is 0 Å². The highest BCUT2D eigenvalue weighted by atomic mass is 16.4. The monoisotopic (exact) mass is 258 g/mol. The van der Waals surface area contributed by atoms with E-state index in [1.54, 1.807) is 0 Å². The molecule has 1 saturated carbocycles. The summed E-state index contributed by atoms with van der Waals surface area (Å²) >= 11 is 0. The zero-order chi connectivity index (χ0) is 13.8. The molecule has 1 unspecified atom stereocenters. The van der Waals surface area contributed by atoms with Crippen LogP contribution in [0.1, 0.15) is 39.0 Å². The molecule has 18 heavy (non-hydrogen) atoms. The van der Waals surface area contributed by atoms with Crippen molar-refractivity contribution in [2.45, 2.75) is 50.7 Å². The van der Waals surface area contributed by atoms with Crippen LogP contribution in [0, 0.1) is 5.92 Å². The van der Waals surface area contributed by atoms with E-state index in [0.717, 1.165) is 0 Å². The maximum atomic E-state index is 10.8. The van der Waals surface area contributed by atoms with Gasteiger partial charge < -0.3 is 21.3 Å². The number of nitrogens with one attached hydrogen (secondary N) is 1.